The number of nitrogens with zero attached hydrogens (tertiary/aromatic N) is 2. The second kappa shape index (κ2) is 8.10. The van der Waals surface area contributed by atoms with Crippen molar-refractivity contribution in [2.24, 2.45) is 5.92 Å². The molecule has 2 aliphatic rings. The second-order valence-electron chi connectivity index (χ2n) is 7.40. The van der Waals surface area contributed by atoms with Crippen molar-refractivity contribution in [3.63, 3.8) is 0 Å². The van der Waals surface area contributed by atoms with E-state index in [-0.39, 0.29) is 23.6 Å². The highest BCUT2D eigenvalue weighted by atomic mass is 19.1. The average molecular weight is 382 g/mol. The normalized spacial score (nSPS) is 21.0. The van der Waals surface area contributed by atoms with E-state index in [1.807, 2.05) is 30.3 Å². The number of carbonyl (C=O) groups is 2. The summed E-state index contributed by atoms with van der Waals surface area (Å²) in [6, 6.07) is 15.3. The number of carbonyl (C=O) groups excluding carboxylic acids is 2. The number of halogens is 1. The molecule has 0 spiro atoms. The number of ether oxygens (including phenoxy) is 1. The molecule has 0 aliphatic carbocycles. The van der Waals surface area contributed by atoms with Gasteiger partial charge in [0, 0.05) is 23.7 Å². The minimum atomic E-state index is -0.397. The highest BCUT2D eigenvalue weighted by Gasteiger charge is 2.35. The first-order valence-corrected chi connectivity index (χ1v) is 9.65. The highest BCUT2D eigenvalue weighted by Crippen LogP contribution is 2.25. The summed E-state index contributed by atoms with van der Waals surface area (Å²) in [4.78, 5) is 28.5. The van der Waals surface area contributed by atoms with Crippen molar-refractivity contribution in [3.05, 3.63) is 66.0 Å². The molecule has 2 aliphatic heterocycles. The van der Waals surface area contributed by atoms with Crippen LogP contribution in [-0.2, 0) is 4.74 Å². The van der Waals surface area contributed by atoms with Gasteiger partial charge in [-0.3, -0.25) is 14.6 Å². The standard InChI is InChI=1S/C22H23FN2O3/c23-18-6-8-19(9-7-18)25-15-20(28-22(25)27)14-24-12-10-17(11-13-24)21(26)16-4-2-1-3-5-16/h1-9,17,20H,10-15H2. The Morgan fingerprint density at radius 2 is 1.71 bits per heavy atom. The molecule has 1 amide bonds. The number of hydrogen-bond acceptors (Lipinski definition) is 4. The third-order valence-corrected chi connectivity index (χ3v) is 5.49. The number of piperidine rings is 1. The van der Waals surface area contributed by atoms with E-state index in [9.17, 15) is 14.0 Å². The zero-order chi connectivity index (χ0) is 19.5. The Balaban J connectivity index is 1.29. The summed E-state index contributed by atoms with van der Waals surface area (Å²) < 4.78 is 18.6. The van der Waals surface area contributed by atoms with E-state index in [0.717, 1.165) is 31.5 Å². The average Bonchev–Trinajstić information content (AvgIpc) is 3.09. The largest absolute Gasteiger partial charge is 0.443 e. The molecule has 2 heterocycles. The number of anilines is 1. The molecule has 0 saturated carbocycles. The number of benzene rings is 2. The molecule has 0 aromatic heterocycles. The van der Waals surface area contributed by atoms with Crippen molar-refractivity contribution in [1.82, 2.24) is 4.90 Å². The molecule has 2 fully saturated rings. The summed E-state index contributed by atoms with van der Waals surface area (Å²) in [5, 5.41) is 0. The summed E-state index contributed by atoms with van der Waals surface area (Å²) in [6.07, 6.45) is 1.01. The Morgan fingerprint density at radius 1 is 1.04 bits per heavy atom. The van der Waals surface area contributed by atoms with Gasteiger partial charge in [0.2, 0.25) is 0 Å². The monoisotopic (exact) mass is 382 g/mol. The van der Waals surface area contributed by atoms with E-state index in [0.29, 0.717) is 18.8 Å². The summed E-state index contributed by atoms with van der Waals surface area (Å²) in [6.45, 7) is 2.73. The molecule has 4 rings (SSSR count). The van der Waals surface area contributed by atoms with Gasteiger partial charge in [0.05, 0.1) is 6.54 Å². The topological polar surface area (TPSA) is 49.9 Å². The third-order valence-electron chi connectivity index (χ3n) is 5.49. The van der Waals surface area contributed by atoms with Gasteiger partial charge in [-0.05, 0) is 50.2 Å². The molecule has 146 valence electrons. The van der Waals surface area contributed by atoms with Crippen molar-refractivity contribution >= 4 is 17.6 Å². The van der Waals surface area contributed by atoms with Crippen molar-refractivity contribution < 1.29 is 18.7 Å². The highest BCUT2D eigenvalue weighted by molar-refractivity contribution is 5.97. The molecule has 2 saturated heterocycles. The van der Waals surface area contributed by atoms with E-state index in [1.165, 1.54) is 17.0 Å². The van der Waals surface area contributed by atoms with Crippen LogP contribution in [0.5, 0.6) is 0 Å². The summed E-state index contributed by atoms with van der Waals surface area (Å²) in [5.41, 5.74) is 1.42. The lowest BCUT2D eigenvalue weighted by Crippen LogP contribution is -2.41. The smallest absolute Gasteiger partial charge is 0.414 e. The van der Waals surface area contributed by atoms with E-state index in [2.05, 4.69) is 4.90 Å². The number of Topliss-reactive ketones (excluding diaryl/α,β-unsaturated/α-hetero) is 1. The number of rotatable bonds is 5. The maximum absolute atomic E-state index is 13.1. The van der Waals surface area contributed by atoms with Crippen LogP contribution in [0.2, 0.25) is 0 Å². The lowest BCUT2D eigenvalue weighted by Gasteiger charge is -2.32. The summed E-state index contributed by atoms with van der Waals surface area (Å²) in [7, 11) is 0. The summed E-state index contributed by atoms with van der Waals surface area (Å²) >= 11 is 0. The Morgan fingerprint density at radius 3 is 2.39 bits per heavy atom. The van der Waals surface area contributed by atoms with Gasteiger partial charge in [-0.2, -0.15) is 0 Å². The van der Waals surface area contributed by atoms with Gasteiger partial charge < -0.3 is 4.74 Å². The predicted octanol–water partition coefficient (Wildman–Crippen LogP) is 3.75. The minimum Gasteiger partial charge on any atom is -0.443 e. The first-order valence-electron chi connectivity index (χ1n) is 9.65. The Hall–Kier alpha value is -2.73. The van der Waals surface area contributed by atoms with Crippen molar-refractivity contribution in [2.75, 3.05) is 31.1 Å². The van der Waals surface area contributed by atoms with Gasteiger partial charge in [-0.1, -0.05) is 30.3 Å². The molecule has 6 heteroatoms. The van der Waals surface area contributed by atoms with Crippen LogP contribution in [0.3, 0.4) is 0 Å². The third kappa shape index (κ3) is 4.07. The molecule has 0 bridgehead atoms. The fraction of sp³-hybridized carbons (Fsp3) is 0.364. The summed E-state index contributed by atoms with van der Waals surface area (Å²) in [5.74, 6) is -0.0590. The molecule has 0 radical (unpaired) electrons. The maximum atomic E-state index is 13.1. The lowest BCUT2D eigenvalue weighted by atomic mass is 9.89. The van der Waals surface area contributed by atoms with Gasteiger partial charge in [0.25, 0.3) is 0 Å². The van der Waals surface area contributed by atoms with Gasteiger partial charge in [0.15, 0.2) is 5.78 Å². The molecule has 2 aromatic rings. The Labute approximate surface area is 163 Å². The van der Waals surface area contributed by atoms with Gasteiger partial charge >= 0.3 is 6.09 Å². The molecule has 1 unspecified atom stereocenters. The number of ketones is 1. The SMILES string of the molecule is O=C(c1ccccc1)C1CCN(CC2CN(c3ccc(F)cc3)C(=O)O2)CC1. The van der Waals surface area contributed by atoms with E-state index in [4.69, 9.17) is 4.74 Å². The molecular weight excluding hydrogens is 359 g/mol. The van der Waals surface area contributed by atoms with Crippen molar-refractivity contribution in [1.29, 1.82) is 0 Å². The molecule has 5 nitrogen and oxygen atoms in total. The van der Waals surface area contributed by atoms with Gasteiger partial charge in [-0.25, -0.2) is 9.18 Å². The Kier molecular flexibility index (Phi) is 5.39. The zero-order valence-corrected chi connectivity index (χ0v) is 15.6. The predicted molar refractivity (Wildman–Crippen MR) is 104 cm³/mol. The molecular formula is C22H23FN2O3. The van der Waals surface area contributed by atoms with E-state index >= 15 is 0 Å². The number of amides is 1. The van der Waals surface area contributed by atoms with Crippen molar-refractivity contribution in [3.8, 4) is 0 Å². The van der Waals surface area contributed by atoms with Crippen LogP contribution in [0.1, 0.15) is 23.2 Å². The van der Waals surface area contributed by atoms with E-state index in [1.54, 1.807) is 12.1 Å². The number of cyclic esters (lactones) is 1. The van der Waals surface area contributed by atoms with Crippen LogP contribution in [0.15, 0.2) is 54.6 Å². The van der Waals surface area contributed by atoms with Gasteiger partial charge in [-0.15, -0.1) is 0 Å². The lowest BCUT2D eigenvalue weighted by molar-refractivity contribution is 0.0750. The van der Waals surface area contributed by atoms with Crippen LogP contribution < -0.4 is 4.90 Å². The first-order chi connectivity index (χ1) is 13.6. The van der Waals surface area contributed by atoms with Crippen LogP contribution in [-0.4, -0.2) is 49.1 Å². The quantitative estimate of drug-likeness (QED) is 0.739. The van der Waals surface area contributed by atoms with Crippen LogP contribution in [0, 0.1) is 11.7 Å². The molecule has 1 atom stereocenters. The molecule has 28 heavy (non-hydrogen) atoms. The minimum absolute atomic E-state index is 0.0560. The fourth-order valence-corrected chi connectivity index (χ4v) is 3.95. The molecule has 0 N–H and O–H groups in total. The van der Waals surface area contributed by atoms with Crippen LogP contribution in [0.4, 0.5) is 14.9 Å². The zero-order valence-electron chi connectivity index (χ0n) is 15.6. The molecule has 2 aromatic carbocycles. The number of hydrogen-bond donors (Lipinski definition) is 0. The fourth-order valence-electron chi connectivity index (χ4n) is 3.95. The maximum Gasteiger partial charge on any atom is 0.414 e. The Bertz CT molecular complexity index is 833. The first kappa shape index (κ1) is 18.6. The second-order valence-corrected chi connectivity index (χ2v) is 7.40. The van der Waals surface area contributed by atoms with Crippen LogP contribution >= 0.6 is 0 Å². The van der Waals surface area contributed by atoms with Crippen LogP contribution in [0.25, 0.3) is 0 Å². The van der Waals surface area contributed by atoms with E-state index < -0.39 is 6.09 Å². The van der Waals surface area contributed by atoms with Gasteiger partial charge in [0.1, 0.15) is 11.9 Å². The van der Waals surface area contributed by atoms with Crippen molar-refractivity contribution in [2.45, 2.75) is 18.9 Å². The number of likely N-dealkylation sites (tertiary alicyclic amines) is 1.